The standard InChI is InChI=1S/C14H9FN2O6/c1-2-16-8-4-3-6(15)5-7(8)12-9(13(16)19)11(18)10(17(21)22)14(20)23-12/h3-5,18H,2H2,1H3. The maximum absolute atomic E-state index is 13.5. The third-order valence-electron chi connectivity index (χ3n) is 3.53. The number of nitrogens with zero attached hydrogens (tertiary/aromatic N) is 2. The lowest BCUT2D eigenvalue weighted by Crippen LogP contribution is -2.21. The highest BCUT2D eigenvalue weighted by Crippen LogP contribution is 2.32. The molecule has 0 spiro atoms. The first-order valence-electron chi connectivity index (χ1n) is 6.53. The predicted molar refractivity (Wildman–Crippen MR) is 78.2 cm³/mol. The van der Waals surface area contributed by atoms with Crippen LogP contribution in [-0.2, 0) is 6.54 Å². The second-order valence-electron chi connectivity index (χ2n) is 4.76. The van der Waals surface area contributed by atoms with Crippen LogP contribution in [0.4, 0.5) is 10.1 Å². The molecule has 0 radical (unpaired) electrons. The van der Waals surface area contributed by atoms with Crippen LogP contribution in [0.25, 0.3) is 21.9 Å². The number of pyridine rings is 1. The van der Waals surface area contributed by atoms with Gasteiger partial charge in [-0.3, -0.25) is 14.9 Å². The maximum atomic E-state index is 13.5. The van der Waals surface area contributed by atoms with Gasteiger partial charge in [0.2, 0.25) is 5.75 Å². The fraction of sp³-hybridized carbons (Fsp3) is 0.143. The van der Waals surface area contributed by atoms with Gasteiger partial charge in [-0.05, 0) is 25.1 Å². The lowest BCUT2D eigenvalue weighted by atomic mass is 10.1. The minimum absolute atomic E-state index is 0.0590. The van der Waals surface area contributed by atoms with Gasteiger partial charge in [0.25, 0.3) is 5.56 Å². The molecule has 3 rings (SSSR count). The van der Waals surface area contributed by atoms with Crippen molar-refractivity contribution in [3.8, 4) is 5.75 Å². The molecule has 118 valence electrons. The van der Waals surface area contributed by atoms with Crippen LogP contribution in [-0.4, -0.2) is 14.6 Å². The largest absolute Gasteiger partial charge is 0.501 e. The summed E-state index contributed by atoms with van der Waals surface area (Å²) < 4.78 is 19.6. The van der Waals surface area contributed by atoms with Crippen molar-refractivity contribution in [1.82, 2.24) is 4.57 Å². The highest BCUT2D eigenvalue weighted by atomic mass is 19.1. The molecule has 0 aliphatic rings. The highest BCUT2D eigenvalue weighted by molar-refractivity contribution is 6.04. The average molecular weight is 320 g/mol. The van der Waals surface area contributed by atoms with Crippen molar-refractivity contribution in [3.63, 3.8) is 0 Å². The average Bonchev–Trinajstić information content (AvgIpc) is 2.47. The monoisotopic (exact) mass is 320 g/mol. The van der Waals surface area contributed by atoms with Crippen molar-refractivity contribution in [2.75, 3.05) is 0 Å². The third-order valence-corrected chi connectivity index (χ3v) is 3.53. The van der Waals surface area contributed by atoms with Crippen molar-refractivity contribution in [3.05, 3.63) is 54.9 Å². The van der Waals surface area contributed by atoms with Crippen LogP contribution < -0.4 is 11.2 Å². The van der Waals surface area contributed by atoms with Gasteiger partial charge in [0.1, 0.15) is 11.2 Å². The van der Waals surface area contributed by atoms with Crippen LogP contribution in [0.2, 0.25) is 0 Å². The van der Waals surface area contributed by atoms with Crippen molar-refractivity contribution in [2.45, 2.75) is 13.5 Å². The highest BCUT2D eigenvalue weighted by Gasteiger charge is 2.28. The van der Waals surface area contributed by atoms with E-state index in [0.717, 1.165) is 12.1 Å². The summed E-state index contributed by atoms with van der Waals surface area (Å²) in [5.74, 6) is -1.74. The van der Waals surface area contributed by atoms with Crippen molar-refractivity contribution >= 4 is 27.6 Å². The Balaban J connectivity index is 2.72. The Morgan fingerprint density at radius 1 is 1.39 bits per heavy atom. The van der Waals surface area contributed by atoms with Crippen LogP contribution >= 0.6 is 0 Å². The molecule has 0 aliphatic heterocycles. The first-order valence-corrected chi connectivity index (χ1v) is 6.53. The topological polar surface area (TPSA) is 116 Å². The number of benzene rings is 1. The molecule has 2 aromatic heterocycles. The van der Waals surface area contributed by atoms with Crippen LogP contribution in [0, 0.1) is 15.9 Å². The smallest absolute Gasteiger partial charge is 0.419 e. The van der Waals surface area contributed by atoms with Gasteiger partial charge in [-0.25, -0.2) is 9.18 Å². The van der Waals surface area contributed by atoms with Gasteiger partial charge in [0, 0.05) is 11.9 Å². The quantitative estimate of drug-likeness (QED) is 0.438. The van der Waals surface area contributed by atoms with Crippen molar-refractivity contribution < 1.29 is 18.8 Å². The molecule has 0 atom stereocenters. The molecule has 0 saturated heterocycles. The predicted octanol–water partition coefficient (Wildman–Crippen LogP) is 1.88. The molecule has 0 fully saturated rings. The summed E-state index contributed by atoms with van der Waals surface area (Å²) in [4.78, 5) is 34.0. The number of nitro groups is 1. The van der Waals surface area contributed by atoms with Gasteiger partial charge >= 0.3 is 11.3 Å². The summed E-state index contributed by atoms with van der Waals surface area (Å²) >= 11 is 0. The molecule has 2 heterocycles. The van der Waals surface area contributed by atoms with Crippen LogP contribution in [0.5, 0.6) is 5.75 Å². The molecule has 0 saturated carbocycles. The van der Waals surface area contributed by atoms with Gasteiger partial charge in [0.15, 0.2) is 5.58 Å². The molecule has 3 aromatic rings. The minimum atomic E-state index is -1.42. The summed E-state index contributed by atoms with van der Waals surface area (Å²) in [7, 11) is 0. The number of hydrogen-bond donors (Lipinski definition) is 1. The molecular formula is C14H9FN2O6. The van der Waals surface area contributed by atoms with E-state index in [0.29, 0.717) is 0 Å². The van der Waals surface area contributed by atoms with E-state index >= 15 is 0 Å². The van der Waals surface area contributed by atoms with E-state index in [4.69, 9.17) is 4.42 Å². The van der Waals surface area contributed by atoms with Crippen LogP contribution in [0.1, 0.15) is 6.92 Å². The number of aromatic hydroxyl groups is 1. The Morgan fingerprint density at radius 3 is 2.70 bits per heavy atom. The number of fused-ring (bicyclic) bond motifs is 3. The number of aromatic nitrogens is 1. The molecule has 8 nitrogen and oxygen atoms in total. The Hall–Kier alpha value is -3.23. The van der Waals surface area contributed by atoms with E-state index in [-0.39, 0.29) is 23.0 Å². The Morgan fingerprint density at radius 2 is 2.09 bits per heavy atom. The Kier molecular flexibility index (Phi) is 3.13. The van der Waals surface area contributed by atoms with Gasteiger partial charge in [-0.2, -0.15) is 0 Å². The van der Waals surface area contributed by atoms with E-state index in [2.05, 4.69) is 0 Å². The summed E-state index contributed by atoms with van der Waals surface area (Å²) in [6.07, 6.45) is 0. The summed E-state index contributed by atoms with van der Waals surface area (Å²) in [6, 6.07) is 3.48. The van der Waals surface area contributed by atoms with Gasteiger partial charge in [-0.15, -0.1) is 0 Å². The SMILES string of the molecule is CCn1c(=O)c2c(O)c([N+](=O)[O-])c(=O)oc2c2cc(F)ccc21. The Labute approximate surface area is 126 Å². The van der Waals surface area contributed by atoms with Crippen LogP contribution in [0.15, 0.2) is 32.2 Å². The lowest BCUT2D eigenvalue weighted by Gasteiger charge is -2.11. The third kappa shape index (κ3) is 1.97. The molecular weight excluding hydrogens is 311 g/mol. The fourth-order valence-electron chi connectivity index (χ4n) is 2.55. The molecule has 9 heteroatoms. The second-order valence-corrected chi connectivity index (χ2v) is 4.76. The number of aryl methyl sites for hydroxylation is 1. The van der Waals surface area contributed by atoms with Gasteiger partial charge in [-0.1, -0.05) is 0 Å². The van der Waals surface area contributed by atoms with E-state index in [1.807, 2.05) is 0 Å². The fourth-order valence-corrected chi connectivity index (χ4v) is 2.55. The normalized spacial score (nSPS) is 11.2. The minimum Gasteiger partial charge on any atom is -0.501 e. The van der Waals surface area contributed by atoms with Gasteiger partial charge in [0.05, 0.1) is 10.4 Å². The first kappa shape index (κ1) is 14.7. The van der Waals surface area contributed by atoms with Crippen LogP contribution in [0.3, 0.4) is 0 Å². The zero-order valence-electron chi connectivity index (χ0n) is 11.7. The van der Waals surface area contributed by atoms with E-state index < -0.39 is 38.7 Å². The summed E-state index contributed by atoms with van der Waals surface area (Å²) in [5.41, 5.74) is -3.52. The molecule has 23 heavy (non-hydrogen) atoms. The summed E-state index contributed by atoms with van der Waals surface area (Å²) in [6.45, 7) is 1.81. The lowest BCUT2D eigenvalue weighted by molar-refractivity contribution is -0.388. The summed E-state index contributed by atoms with van der Waals surface area (Å²) in [5, 5.41) is 20.4. The van der Waals surface area contributed by atoms with Crippen molar-refractivity contribution in [1.29, 1.82) is 0 Å². The number of hydrogen-bond acceptors (Lipinski definition) is 6. The molecule has 0 amide bonds. The number of halogens is 1. The number of rotatable bonds is 2. The van der Waals surface area contributed by atoms with E-state index in [9.17, 15) is 29.2 Å². The van der Waals surface area contributed by atoms with E-state index in [1.165, 1.54) is 10.6 Å². The molecule has 0 unspecified atom stereocenters. The zero-order chi connectivity index (χ0) is 16.9. The maximum Gasteiger partial charge on any atom is 0.419 e. The molecule has 1 N–H and O–H groups in total. The van der Waals surface area contributed by atoms with Gasteiger partial charge < -0.3 is 14.1 Å². The first-order chi connectivity index (χ1) is 10.9. The molecule has 1 aromatic carbocycles. The van der Waals surface area contributed by atoms with Crippen molar-refractivity contribution in [2.24, 2.45) is 0 Å². The molecule has 0 bridgehead atoms. The Bertz CT molecular complexity index is 1100. The van der Waals surface area contributed by atoms with E-state index in [1.54, 1.807) is 6.92 Å². The zero-order valence-corrected chi connectivity index (χ0v) is 11.7. The molecule has 0 aliphatic carbocycles. The second kappa shape index (κ2) is 4.90.